The molecule has 0 radical (unpaired) electrons. The first kappa shape index (κ1) is 13.3. The molecule has 0 amide bonds. The van der Waals surface area contributed by atoms with Gasteiger partial charge in [0, 0.05) is 12.2 Å². The van der Waals surface area contributed by atoms with E-state index in [-0.39, 0.29) is 5.92 Å². The number of carboxylic acid groups (broad SMARTS) is 1. The van der Waals surface area contributed by atoms with Gasteiger partial charge in [-0.05, 0) is 32.3 Å². The van der Waals surface area contributed by atoms with Crippen molar-refractivity contribution < 1.29 is 9.90 Å². The molecule has 1 aliphatic rings. The van der Waals surface area contributed by atoms with E-state index in [1.807, 2.05) is 18.7 Å². The molecule has 2 unspecified atom stereocenters. The maximum atomic E-state index is 11.4. The molecule has 2 heterocycles. The van der Waals surface area contributed by atoms with E-state index in [2.05, 4.69) is 11.1 Å². The Kier molecular flexibility index (Phi) is 3.43. The van der Waals surface area contributed by atoms with Gasteiger partial charge < -0.3 is 10.0 Å². The fraction of sp³-hybridized carbons (Fsp3) is 0.500. The van der Waals surface area contributed by atoms with Crippen molar-refractivity contribution in [1.29, 1.82) is 5.26 Å². The van der Waals surface area contributed by atoms with Crippen molar-refractivity contribution in [2.24, 2.45) is 5.92 Å². The Hall–Kier alpha value is -2.09. The fourth-order valence-electron chi connectivity index (χ4n) is 2.77. The van der Waals surface area contributed by atoms with Gasteiger partial charge in [-0.2, -0.15) is 5.26 Å². The number of hydrogen-bond donors (Lipinski definition) is 1. The summed E-state index contributed by atoms with van der Waals surface area (Å²) in [6, 6.07) is 3.39. The molecule has 2 rings (SSSR count). The van der Waals surface area contributed by atoms with Crippen LogP contribution in [0.4, 0.5) is 5.69 Å². The number of pyridine rings is 1. The van der Waals surface area contributed by atoms with Gasteiger partial charge in [-0.3, -0.25) is 4.98 Å². The summed E-state index contributed by atoms with van der Waals surface area (Å²) >= 11 is 0. The number of aliphatic carboxylic acids is 1. The molecule has 1 aromatic heterocycles. The number of carboxylic acids is 1. The standard InChI is InChI=1S/C14H17N3O2/c1-8-4-5-17(13(8)14(18)19)12-6-9(2)16-10(3)11(12)7-15/h6,8,13H,4-5H2,1-3H3,(H,18,19). The maximum Gasteiger partial charge on any atom is 0.326 e. The average Bonchev–Trinajstić information content (AvgIpc) is 2.70. The van der Waals surface area contributed by atoms with E-state index in [9.17, 15) is 15.2 Å². The molecular weight excluding hydrogens is 242 g/mol. The molecular formula is C14H17N3O2. The van der Waals surface area contributed by atoms with Crippen molar-refractivity contribution in [3.8, 4) is 6.07 Å². The van der Waals surface area contributed by atoms with E-state index in [1.54, 1.807) is 13.0 Å². The number of rotatable bonds is 2. The highest BCUT2D eigenvalue weighted by Gasteiger charge is 2.38. The minimum Gasteiger partial charge on any atom is -0.480 e. The van der Waals surface area contributed by atoms with Gasteiger partial charge in [0.15, 0.2) is 0 Å². The second kappa shape index (κ2) is 4.88. The van der Waals surface area contributed by atoms with Gasteiger partial charge in [-0.15, -0.1) is 0 Å². The van der Waals surface area contributed by atoms with E-state index in [1.165, 1.54) is 0 Å². The van der Waals surface area contributed by atoms with Gasteiger partial charge in [-0.25, -0.2) is 4.79 Å². The summed E-state index contributed by atoms with van der Waals surface area (Å²) in [5.41, 5.74) is 2.63. The Labute approximate surface area is 112 Å². The highest BCUT2D eigenvalue weighted by molar-refractivity contribution is 5.80. The van der Waals surface area contributed by atoms with Crippen LogP contribution in [0.1, 0.15) is 30.3 Å². The highest BCUT2D eigenvalue weighted by atomic mass is 16.4. The molecule has 5 heteroatoms. The largest absolute Gasteiger partial charge is 0.480 e. The van der Waals surface area contributed by atoms with Crippen LogP contribution in [0.25, 0.3) is 0 Å². The number of aryl methyl sites for hydroxylation is 2. The second-order valence-corrected chi connectivity index (χ2v) is 5.10. The molecule has 0 saturated carbocycles. The number of hydrogen-bond acceptors (Lipinski definition) is 4. The summed E-state index contributed by atoms with van der Waals surface area (Å²) in [5.74, 6) is -0.751. The van der Waals surface area contributed by atoms with Crippen LogP contribution in [-0.2, 0) is 4.79 Å². The molecule has 1 fully saturated rings. The van der Waals surface area contributed by atoms with Crippen molar-refractivity contribution in [3.05, 3.63) is 23.0 Å². The van der Waals surface area contributed by atoms with Gasteiger partial charge in [0.25, 0.3) is 0 Å². The van der Waals surface area contributed by atoms with E-state index in [0.717, 1.165) is 12.1 Å². The topological polar surface area (TPSA) is 77.2 Å². The van der Waals surface area contributed by atoms with Crippen molar-refractivity contribution in [1.82, 2.24) is 4.98 Å². The van der Waals surface area contributed by atoms with Gasteiger partial charge >= 0.3 is 5.97 Å². The SMILES string of the molecule is Cc1cc(N2CCC(C)C2C(=O)O)c(C#N)c(C)n1. The van der Waals surface area contributed by atoms with Gasteiger partial charge in [-0.1, -0.05) is 6.92 Å². The highest BCUT2D eigenvalue weighted by Crippen LogP contribution is 2.33. The van der Waals surface area contributed by atoms with Crippen LogP contribution in [0.3, 0.4) is 0 Å². The van der Waals surface area contributed by atoms with E-state index in [4.69, 9.17) is 0 Å². The number of aromatic nitrogens is 1. The first-order valence-electron chi connectivity index (χ1n) is 6.33. The summed E-state index contributed by atoms with van der Waals surface area (Å²) in [5, 5.41) is 18.7. The van der Waals surface area contributed by atoms with Gasteiger partial charge in [0.2, 0.25) is 0 Å². The molecule has 0 spiro atoms. The van der Waals surface area contributed by atoms with E-state index in [0.29, 0.717) is 23.5 Å². The summed E-state index contributed by atoms with van der Waals surface area (Å²) in [4.78, 5) is 17.5. The zero-order valence-corrected chi connectivity index (χ0v) is 11.3. The molecule has 1 aliphatic heterocycles. The summed E-state index contributed by atoms with van der Waals surface area (Å²) in [7, 11) is 0. The molecule has 5 nitrogen and oxygen atoms in total. The average molecular weight is 259 g/mol. The van der Waals surface area contributed by atoms with Gasteiger partial charge in [0.1, 0.15) is 12.1 Å². The lowest BCUT2D eigenvalue weighted by Gasteiger charge is -2.27. The molecule has 2 atom stereocenters. The minimum absolute atomic E-state index is 0.0813. The molecule has 0 aromatic carbocycles. The molecule has 1 aromatic rings. The van der Waals surface area contributed by atoms with Crippen LogP contribution in [0.15, 0.2) is 6.07 Å². The first-order chi connectivity index (χ1) is 8.95. The van der Waals surface area contributed by atoms with Crippen molar-refractivity contribution in [2.75, 3.05) is 11.4 Å². The van der Waals surface area contributed by atoms with E-state index >= 15 is 0 Å². The Balaban J connectivity index is 2.53. The third kappa shape index (κ3) is 2.26. The Morgan fingerprint density at radius 3 is 2.84 bits per heavy atom. The summed E-state index contributed by atoms with van der Waals surface area (Å²) < 4.78 is 0. The number of nitriles is 1. The van der Waals surface area contributed by atoms with Crippen LogP contribution < -0.4 is 4.90 Å². The molecule has 100 valence electrons. The molecule has 0 bridgehead atoms. The zero-order valence-electron chi connectivity index (χ0n) is 11.3. The van der Waals surface area contributed by atoms with Crippen LogP contribution in [-0.4, -0.2) is 28.6 Å². The smallest absolute Gasteiger partial charge is 0.326 e. The van der Waals surface area contributed by atoms with Crippen LogP contribution in [0.5, 0.6) is 0 Å². The fourth-order valence-corrected chi connectivity index (χ4v) is 2.77. The first-order valence-corrected chi connectivity index (χ1v) is 6.33. The molecule has 1 saturated heterocycles. The van der Waals surface area contributed by atoms with Crippen molar-refractivity contribution >= 4 is 11.7 Å². The number of carbonyl (C=O) groups is 1. The van der Waals surface area contributed by atoms with Crippen LogP contribution in [0.2, 0.25) is 0 Å². The Morgan fingerprint density at radius 2 is 2.26 bits per heavy atom. The summed E-state index contributed by atoms with van der Waals surface area (Å²) in [6.45, 7) is 6.23. The third-order valence-electron chi connectivity index (χ3n) is 3.68. The lowest BCUT2D eigenvalue weighted by molar-refractivity contribution is -0.139. The Morgan fingerprint density at radius 1 is 1.58 bits per heavy atom. The van der Waals surface area contributed by atoms with Crippen molar-refractivity contribution in [3.63, 3.8) is 0 Å². The molecule has 0 aliphatic carbocycles. The molecule has 1 N–H and O–H groups in total. The Bertz CT molecular complexity index is 563. The minimum atomic E-state index is -0.832. The van der Waals surface area contributed by atoms with E-state index < -0.39 is 12.0 Å². The molecule has 19 heavy (non-hydrogen) atoms. The normalized spacial score (nSPS) is 22.3. The zero-order chi connectivity index (χ0) is 14.2. The van der Waals surface area contributed by atoms with Crippen LogP contribution in [0, 0.1) is 31.1 Å². The quantitative estimate of drug-likeness (QED) is 0.877. The van der Waals surface area contributed by atoms with Crippen LogP contribution >= 0.6 is 0 Å². The number of nitrogens with zero attached hydrogens (tertiary/aromatic N) is 3. The number of anilines is 1. The predicted molar refractivity (Wildman–Crippen MR) is 71.0 cm³/mol. The monoisotopic (exact) mass is 259 g/mol. The van der Waals surface area contributed by atoms with Gasteiger partial charge in [0.05, 0.1) is 16.9 Å². The lowest BCUT2D eigenvalue weighted by Crippen LogP contribution is -2.39. The predicted octanol–water partition coefficient (Wildman–Crippen LogP) is 1.87. The second-order valence-electron chi connectivity index (χ2n) is 5.10. The third-order valence-corrected chi connectivity index (χ3v) is 3.68. The maximum absolute atomic E-state index is 11.4. The lowest BCUT2D eigenvalue weighted by atomic mass is 10.0. The summed E-state index contributed by atoms with van der Waals surface area (Å²) in [6.07, 6.45) is 0.822. The van der Waals surface area contributed by atoms with Crippen molar-refractivity contribution in [2.45, 2.75) is 33.2 Å².